The molecule has 0 aliphatic rings. The number of aliphatic carboxylic acids is 1. The number of carbonyl (C=O) groups is 1. The van der Waals surface area contributed by atoms with Gasteiger partial charge in [-0.25, -0.2) is 4.79 Å². The van der Waals surface area contributed by atoms with Crippen molar-refractivity contribution in [3.63, 3.8) is 0 Å². The van der Waals surface area contributed by atoms with Crippen LogP contribution in [0.1, 0.15) is 32.7 Å². The quantitative estimate of drug-likeness (QED) is 0.183. The summed E-state index contributed by atoms with van der Waals surface area (Å²) in [5.74, 6) is -1.22. The fraction of sp³-hybridized carbons (Fsp3) is 0.0667. The number of nitriles is 1. The summed E-state index contributed by atoms with van der Waals surface area (Å²) in [6, 6.07) is 30.9. The van der Waals surface area contributed by atoms with Crippen molar-refractivity contribution < 1.29 is 9.90 Å². The van der Waals surface area contributed by atoms with Crippen molar-refractivity contribution >= 4 is 35.0 Å². The van der Waals surface area contributed by atoms with Gasteiger partial charge in [-0.05, 0) is 66.0 Å². The van der Waals surface area contributed by atoms with Crippen molar-refractivity contribution in [3.8, 4) is 16.5 Å². The highest BCUT2D eigenvalue weighted by Gasteiger charge is 2.09. The topological polar surface area (TPSA) is 61.1 Å². The zero-order chi connectivity index (χ0) is 24.1. The van der Waals surface area contributed by atoms with Crippen LogP contribution in [0.5, 0.6) is 0 Å². The highest BCUT2D eigenvalue weighted by atomic mass is 32.1. The predicted octanol–water partition coefficient (Wildman–Crippen LogP) is 7.61. The highest BCUT2D eigenvalue weighted by Crippen LogP contribution is 2.31. The molecule has 1 aromatic heterocycles. The van der Waals surface area contributed by atoms with Crippen LogP contribution < -0.4 is 0 Å². The van der Waals surface area contributed by atoms with Gasteiger partial charge in [0.1, 0.15) is 11.6 Å². The van der Waals surface area contributed by atoms with E-state index >= 15 is 0 Å². The van der Waals surface area contributed by atoms with E-state index in [1.807, 2.05) is 12.1 Å². The van der Waals surface area contributed by atoms with Crippen LogP contribution in [0.15, 0.2) is 90.5 Å². The highest BCUT2D eigenvalue weighted by molar-refractivity contribution is 7.16. The standard InChI is InChI=1S/C30H23NO2S/c1-20-3-9-23(10-4-20)28(24-11-5-21(2)6-12-24)17-22-7-13-25(14-8-22)29-16-15-27(34-29)18-26(19-31)30(32)33/h3-18H,1-2H3,(H,32,33)/b26-18-. The number of benzene rings is 3. The summed E-state index contributed by atoms with van der Waals surface area (Å²) in [6.07, 6.45) is 3.61. The van der Waals surface area contributed by atoms with Gasteiger partial charge in [0.05, 0.1) is 0 Å². The Morgan fingerprint density at radius 2 is 1.35 bits per heavy atom. The average Bonchev–Trinajstić information content (AvgIpc) is 3.31. The molecule has 0 amide bonds. The molecular formula is C30H23NO2S. The predicted molar refractivity (Wildman–Crippen MR) is 140 cm³/mol. The third kappa shape index (κ3) is 5.40. The molecule has 0 spiro atoms. The first-order chi connectivity index (χ1) is 16.4. The lowest BCUT2D eigenvalue weighted by molar-refractivity contribution is -0.132. The second kappa shape index (κ2) is 10.2. The molecule has 0 aliphatic carbocycles. The number of hydrogen-bond acceptors (Lipinski definition) is 3. The molecule has 0 radical (unpaired) electrons. The van der Waals surface area contributed by atoms with E-state index < -0.39 is 5.97 Å². The number of thiophene rings is 1. The molecule has 4 aromatic rings. The first-order valence-corrected chi connectivity index (χ1v) is 11.7. The van der Waals surface area contributed by atoms with Gasteiger partial charge in [0.2, 0.25) is 0 Å². The largest absolute Gasteiger partial charge is 0.477 e. The minimum atomic E-state index is -1.22. The molecule has 1 heterocycles. The second-order valence-electron chi connectivity index (χ2n) is 8.09. The van der Waals surface area contributed by atoms with E-state index in [4.69, 9.17) is 10.4 Å². The molecule has 0 fully saturated rings. The summed E-state index contributed by atoms with van der Waals surface area (Å²) in [5.41, 5.74) is 7.82. The normalized spacial score (nSPS) is 11.0. The molecule has 0 saturated carbocycles. The molecule has 166 valence electrons. The van der Waals surface area contributed by atoms with Crippen LogP contribution in [0.4, 0.5) is 0 Å². The molecule has 34 heavy (non-hydrogen) atoms. The summed E-state index contributed by atoms with van der Waals surface area (Å²) < 4.78 is 0. The van der Waals surface area contributed by atoms with Crippen molar-refractivity contribution in [3.05, 3.63) is 123 Å². The van der Waals surface area contributed by atoms with Crippen LogP contribution in [-0.2, 0) is 4.79 Å². The maximum absolute atomic E-state index is 11.1. The lowest BCUT2D eigenvalue weighted by Gasteiger charge is -2.10. The van der Waals surface area contributed by atoms with Crippen molar-refractivity contribution in [2.75, 3.05) is 0 Å². The number of carboxylic acids is 1. The number of nitrogens with zero attached hydrogens (tertiary/aromatic N) is 1. The molecule has 0 saturated heterocycles. The Hall–Kier alpha value is -4.20. The second-order valence-corrected chi connectivity index (χ2v) is 9.20. The number of hydrogen-bond donors (Lipinski definition) is 1. The summed E-state index contributed by atoms with van der Waals surface area (Å²) in [6.45, 7) is 4.18. The molecule has 0 aliphatic heterocycles. The SMILES string of the molecule is Cc1ccc(C(=Cc2ccc(-c3ccc(/C=C(/C#N)C(=O)O)s3)cc2)c2ccc(C)cc2)cc1. The van der Waals surface area contributed by atoms with Gasteiger partial charge in [-0.2, -0.15) is 5.26 Å². The van der Waals surface area contributed by atoms with Gasteiger partial charge in [-0.15, -0.1) is 11.3 Å². The van der Waals surface area contributed by atoms with Crippen molar-refractivity contribution in [2.24, 2.45) is 0 Å². The third-order valence-corrected chi connectivity index (χ3v) is 6.58. The molecule has 0 bridgehead atoms. The van der Waals surface area contributed by atoms with Crippen LogP contribution >= 0.6 is 11.3 Å². The first kappa shape index (κ1) is 23.0. The molecule has 0 atom stereocenters. The van der Waals surface area contributed by atoms with Crippen molar-refractivity contribution in [1.82, 2.24) is 0 Å². The molecule has 4 rings (SSSR count). The fourth-order valence-corrected chi connectivity index (χ4v) is 4.54. The average molecular weight is 462 g/mol. The number of carboxylic acid groups (broad SMARTS) is 1. The van der Waals surface area contributed by atoms with Gasteiger partial charge in [0.25, 0.3) is 0 Å². The van der Waals surface area contributed by atoms with E-state index in [-0.39, 0.29) is 5.57 Å². The van der Waals surface area contributed by atoms with Crippen molar-refractivity contribution in [1.29, 1.82) is 5.26 Å². The van der Waals surface area contributed by atoms with E-state index in [0.29, 0.717) is 0 Å². The van der Waals surface area contributed by atoms with Gasteiger partial charge >= 0.3 is 5.97 Å². The van der Waals surface area contributed by atoms with Crippen LogP contribution in [0, 0.1) is 25.2 Å². The minimum Gasteiger partial charge on any atom is -0.477 e. The fourth-order valence-electron chi connectivity index (χ4n) is 3.58. The van der Waals surface area contributed by atoms with Crippen LogP contribution in [0.3, 0.4) is 0 Å². The van der Waals surface area contributed by atoms with Crippen LogP contribution in [0.25, 0.3) is 28.2 Å². The Kier molecular flexibility index (Phi) is 6.87. The summed E-state index contributed by atoms with van der Waals surface area (Å²) in [5, 5.41) is 18.0. The lowest BCUT2D eigenvalue weighted by atomic mass is 9.94. The Morgan fingerprint density at radius 1 is 0.794 bits per heavy atom. The molecule has 3 aromatic carbocycles. The van der Waals surface area contributed by atoms with Gasteiger partial charge in [0, 0.05) is 9.75 Å². The number of aryl methyl sites for hydroxylation is 2. The van der Waals surface area contributed by atoms with E-state index in [2.05, 4.69) is 92.7 Å². The maximum atomic E-state index is 11.1. The Bertz CT molecular complexity index is 1370. The van der Waals surface area contributed by atoms with Gasteiger partial charge < -0.3 is 5.11 Å². The van der Waals surface area contributed by atoms with E-state index in [9.17, 15) is 4.79 Å². The third-order valence-electron chi connectivity index (χ3n) is 5.50. The Labute approximate surface area is 203 Å². The zero-order valence-corrected chi connectivity index (χ0v) is 19.8. The monoisotopic (exact) mass is 461 g/mol. The minimum absolute atomic E-state index is 0.270. The summed E-state index contributed by atoms with van der Waals surface area (Å²) in [7, 11) is 0. The first-order valence-electron chi connectivity index (χ1n) is 10.8. The van der Waals surface area contributed by atoms with Crippen LogP contribution in [-0.4, -0.2) is 11.1 Å². The van der Waals surface area contributed by atoms with Gasteiger partial charge in [-0.3, -0.25) is 0 Å². The molecule has 0 unspecified atom stereocenters. The maximum Gasteiger partial charge on any atom is 0.346 e. The van der Waals surface area contributed by atoms with Gasteiger partial charge in [0.15, 0.2) is 0 Å². The smallest absolute Gasteiger partial charge is 0.346 e. The van der Waals surface area contributed by atoms with E-state index in [1.54, 1.807) is 6.07 Å². The van der Waals surface area contributed by atoms with Gasteiger partial charge in [-0.1, -0.05) is 83.9 Å². The summed E-state index contributed by atoms with van der Waals surface area (Å²) in [4.78, 5) is 12.8. The molecule has 1 N–H and O–H groups in total. The summed E-state index contributed by atoms with van der Waals surface area (Å²) >= 11 is 1.46. The number of rotatable bonds is 6. The van der Waals surface area contributed by atoms with E-state index in [1.165, 1.54) is 39.7 Å². The molecule has 3 nitrogen and oxygen atoms in total. The van der Waals surface area contributed by atoms with Crippen LogP contribution in [0.2, 0.25) is 0 Å². The van der Waals surface area contributed by atoms with Crippen molar-refractivity contribution in [2.45, 2.75) is 13.8 Å². The zero-order valence-electron chi connectivity index (χ0n) is 18.9. The molecular weight excluding hydrogens is 438 g/mol. The lowest BCUT2D eigenvalue weighted by Crippen LogP contribution is -1.96. The van der Waals surface area contributed by atoms with E-state index in [0.717, 1.165) is 26.5 Å². The Morgan fingerprint density at radius 3 is 1.85 bits per heavy atom. The Balaban J connectivity index is 1.66. The molecule has 4 heteroatoms.